The molecule has 0 spiro atoms. The van der Waals surface area contributed by atoms with E-state index in [1.807, 2.05) is 35.0 Å². The first-order valence-corrected chi connectivity index (χ1v) is 10.7. The highest BCUT2D eigenvalue weighted by atomic mass is 32.2. The molecule has 0 aliphatic carbocycles. The monoisotopic (exact) mass is 396 g/mol. The van der Waals surface area contributed by atoms with Crippen LogP contribution in [0, 0.1) is 0 Å². The fraction of sp³-hybridized carbons (Fsp3) is 0.200. The molecule has 144 valence electrons. The molecule has 0 saturated carbocycles. The van der Waals surface area contributed by atoms with Gasteiger partial charge in [-0.2, -0.15) is 0 Å². The van der Waals surface area contributed by atoms with Crippen LogP contribution in [0.1, 0.15) is 21.5 Å². The molecule has 3 aromatic rings. The number of benzene rings is 2. The average Bonchev–Trinajstić information content (AvgIpc) is 3.30. The number of fused-ring (bicyclic) bond motifs is 1. The minimum absolute atomic E-state index is 0.222. The van der Waals surface area contributed by atoms with Gasteiger partial charge in [0.2, 0.25) is 10.0 Å². The lowest BCUT2D eigenvalue weighted by Crippen LogP contribution is -2.27. The zero-order chi connectivity index (χ0) is 19.7. The molecule has 1 aliphatic rings. The molecule has 8 heteroatoms. The van der Waals surface area contributed by atoms with E-state index in [-0.39, 0.29) is 5.91 Å². The number of hydrogen-bond acceptors (Lipinski definition) is 4. The number of rotatable bonds is 5. The van der Waals surface area contributed by atoms with Crippen molar-refractivity contribution in [1.29, 1.82) is 0 Å². The van der Waals surface area contributed by atoms with Gasteiger partial charge in [-0.05, 0) is 47.9 Å². The summed E-state index contributed by atoms with van der Waals surface area (Å²) in [5.41, 5.74) is 3.79. The van der Waals surface area contributed by atoms with Gasteiger partial charge in [0.05, 0.1) is 18.3 Å². The van der Waals surface area contributed by atoms with Crippen molar-refractivity contribution in [2.45, 2.75) is 13.0 Å². The van der Waals surface area contributed by atoms with E-state index in [4.69, 9.17) is 0 Å². The number of nitrogens with one attached hydrogen (secondary N) is 1. The smallest absolute Gasteiger partial charge is 0.255 e. The van der Waals surface area contributed by atoms with Crippen LogP contribution in [0.3, 0.4) is 0 Å². The number of amides is 1. The lowest BCUT2D eigenvalue weighted by Gasteiger charge is -2.16. The van der Waals surface area contributed by atoms with E-state index >= 15 is 0 Å². The van der Waals surface area contributed by atoms with E-state index in [0.717, 1.165) is 11.1 Å². The highest BCUT2D eigenvalue weighted by molar-refractivity contribution is 7.92. The summed E-state index contributed by atoms with van der Waals surface area (Å²) in [5, 5.41) is 2.92. The number of carbonyl (C=O) groups is 1. The van der Waals surface area contributed by atoms with Crippen molar-refractivity contribution in [2.75, 3.05) is 22.4 Å². The van der Waals surface area contributed by atoms with Crippen molar-refractivity contribution in [3.05, 3.63) is 77.9 Å². The second kappa shape index (κ2) is 7.12. The van der Waals surface area contributed by atoms with Crippen LogP contribution in [0.2, 0.25) is 0 Å². The Labute approximate surface area is 163 Å². The van der Waals surface area contributed by atoms with E-state index in [1.54, 1.807) is 30.7 Å². The first-order valence-electron chi connectivity index (χ1n) is 8.87. The quantitative estimate of drug-likeness (QED) is 0.718. The van der Waals surface area contributed by atoms with E-state index in [0.29, 0.717) is 36.4 Å². The largest absolute Gasteiger partial charge is 0.333 e. The molecule has 0 atom stereocenters. The van der Waals surface area contributed by atoms with Gasteiger partial charge in [0.15, 0.2) is 0 Å². The molecule has 1 amide bonds. The van der Waals surface area contributed by atoms with Crippen LogP contribution in [0.15, 0.2) is 61.2 Å². The summed E-state index contributed by atoms with van der Waals surface area (Å²) in [6.45, 7) is 1.08. The van der Waals surface area contributed by atoms with Crippen molar-refractivity contribution in [2.24, 2.45) is 0 Å². The summed E-state index contributed by atoms with van der Waals surface area (Å²) in [4.78, 5) is 16.7. The Morgan fingerprint density at radius 3 is 2.82 bits per heavy atom. The second-order valence-electron chi connectivity index (χ2n) is 6.82. The minimum atomic E-state index is -3.30. The fourth-order valence-electron chi connectivity index (χ4n) is 3.40. The van der Waals surface area contributed by atoms with Crippen molar-refractivity contribution >= 4 is 27.3 Å². The van der Waals surface area contributed by atoms with Gasteiger partial charge in [0.25, 0.3) is 5.91 Å². The van der Waals surface area contributed by atoms with Gasteiger partial charge in [-0.1, -0.05) is 12.1 Å². The van der Waals surface area contributed by atoms with Crippen LogP contribution >= 0.6 is 0 Å². The SMILES string of the molecule is CS(=O)(=O)N1CCc2cc(C(=O)Nc3cccc(Cn4ccnc4)c3)ccc21. The molecule has 0 bridgehead atoms. The third-order valence-electron chi connectivity index (χ3n) is 4.70. The summed E-state index contributed by atoms with van der Waals surface area (Å²) in [7, 11) is -3.30. The maximum Gasteiger partial charge on any atom is 0.255 e. The Morgan fingerprint density at radius 2 is 2.07 bits per heavy atom. The number of imidazole rings is 1. The predicted octanol–water partition coefficient (Wildman–Crippen LogP) is 2.51. The molecule has 2 aromatic carbocycles. The third-order valence-corrected chi connectivity index (χ3v) is 5.88. The number of aromatic nitrogens is 2. The maximum atomic E-state index is 12.7. The zero-order valence-corrected chi connectivity index (χ0v) is 16.2. The molecular formula is C20H20N4O3S. The number of hydrogen-bond donors (Lipinski definition) is 1. The van der Waals surface area contributed by atoms with E-state index < -0.39 is 10.0 Å². The third kappa shape index (κ3) is 3.77. The van der Waals surface area contributed by atoms with Crippen LogP contribution < -0.4 is 9.62 Å². The molecule has 0 fully saturated rings. The fourth-order valence-corrected chi connectivity index (χ4v) is 4.36. The molecule has 2 heterocycles. The average molecular weight is 396 g/mol. The molecule has 7 nitrogen and oxygen atoms in total. The lowest BCUT2D eigenvalue weighted by atomic mass is 10.1. The predicted molar refractivity (Wildman–Crippen MR) is 108 cm³/mol. The Bertz CT molecular complexity index is 1120. The summed E-state index contributed by atoms with van der Waals surface area (Å²) >= 11 is 0. The first kappa shape index (κ1) is 18.2. The Kier molecular flexibility index (Phi) is 4.64. The van der Waals surface area contributed by atoms with E-state index in [1.165, 1.54) is 10.6 Å². The number of nitrogens with zero attached hydrogens (tertiary/aromatic N) is 3. The molecule has 1 N–H and O–H groups in total. The van der Waals surface area contributed by atoms with Gasteiger partial charge in [-0.3, -0.25) is 9.10 Å². The van der Waals surface area contributed by atoms with Crippen LogP contribution in [0.5, 0.6) is 0 Å². The standard InChI is InChI=1S/C20H20N4O3S/c1-28(26,27)24-9-7-16-12-17(5-6-19(16)24)20(25)22-18-4-2-3-15(11-18)13-23-10-8-21-14-23/h2-6,8,10-12,14H,7,9,13H2,1H3,(H,22,25). The van der Waals surface area contributed by atoms with Gasteiger partial charge < -0.3 is 9.88 Å². The second-order valence-corrected chi connectivity index (χ2v) is 8.72. The van der Waals surface area contributed by atoms with Crippen molar-refractivity contribution < 1.29 is 13.2 Å². The van der Waals surface area contributed by atoms with Crippen LogP contribution in [0.4, 0.5) is 11.4 Å². The number of anilines is 2. The maximum absolute atomic E-state index is 12.7. The van der Waals surface area contributed by atoms with Gasteiger partial charge in [-0.25, -0.2) is 13.4 Å². The molecule has 4 rings (SSSR count). The highest BCUT2D eigenvalue weighted by Gasteiger charge is 2.26. The Hall–Kier alpha value is -3.13. The van der Waals surface area contributed by atoms with Crippen molar-refractivity contribution in [1.82, 2.24) is 9.55 Å². The van der Waals surface area contributed by atoms with Crippen molar-refractivity contribution in [3.8, 4) is 0 Å². The summed E-state index contributed by atoms with van der Waals surface area (Å²) in [6, 6.07) is 12.8. The van der Waals surface area contributed by atoms with Gasteiger partial charge >= 0.3 is 0 Å². The molecular weight excluding hydrogens is 376 g/mol. The summed E-state index contributed by atoms with van der Waals surface area (Å²) < 4.78 is 27.0. The number of carbonyl (C=O) groups excluding carboxylic acids is 1. The zero-order valence-electron chi connectivity index (χ0n) is 15.4. The van der Waals surface area contributed by atoms with Gasteiger partial charge in [0, 0.05) is 36.7 Å². The number of sulfonamides is 1. The van der Waals surface area contributed by atoms with Gasteiger partial charge in [0.1, 0.15) is 0 Å². The normalized spacial score (nSPS) is 13.4. The molecule has 1 aliphatic heterocycles. The molecule has 1 aromatic heterocycles. The van der Waals surface area contributed by atoms with Crippen LogP contribution in [-0.2, 0) is 23.0 Å². The molecule has 0 saturated heterocycles. The van der Waals surface area contributed by atoms with E-state index in [9.17, 15) is 13.2 Å². The first-order chi connectivity index (χ1) is 13.4. The summed E-state index contributed by atoms with van der Waals surface area (Å²) in [5.74, 6) is -0.222. The minimum Gasteiger partial charge on any atom is -0.333 e. The molecule has 0 unspecified atom stereocenters. The van der Waals surface area contributed by atoms with Crippen LogP contribution in [0.25, 0.3) is 0 Å². The molecule has 0 radical (unpaired) electrons. The van der Waals surface area contributed by atoms with Crippen LogP contribution in [-0.4, -0.2) is 36.7 Å². The summed E-state index contributed by atoms with van der Waals surface area (Å²) in [6.07, 6.45) is 7.15. The molecule has 28 heavy (non-hydrogen) atoms. The van der Waals surface area contributed by atoms with E-state index in [2.05, 4.69) is 10.3 Å². The Morgan fingerprint density at radius 1 is 1.21 bits per heavy atom. The Balaban J connectivity index is 1.50. The van der Waals surface area contributed by atoms with Gasteiger partial charge in [-0.15, -0.1) is 0 Å². The highest BCUT2D eigenvalue weighted by Crippen LogP contribution is 2.31. The lowest BCUT2D eigenvalue weighted by molar-refractivity contribution is 0.102. The van der Waals surface area contributed by atoms with Crippen molar-refractivity contribution in [3.63, 3.8) is 0 Å². The topological polar surface area (TPSA) is 84.3 Å².